The minimum Gasteiger partial charge on any atom is -0.468 e. The van der Waals surface area contributed by atoms with Gasteiger partial charge >= 0.3 is 0 Å². The second kappa shape index (κ2) is 8.87. The van der Waals surface area contributed by atoms with Crippen LogP contribution in [0.4, 0.5) is 0 Å². The van der Waals surface area contributed by atoms with E-state index in [0.717, 1.165) is 11.0 Å². The lowest BCUT2D eigenvalue weighted by Gasteiger charge is -2.16. The first-order valence-corrected chi connectivity index (χ1v) is 11.9. The number of fused-ring (bicyclic) bond motifs is 1. The molecule has 3 heterocycles. The van der Waals surface area contributed by atoms with Gasteiger partial charge in [-0.1, -0.05) is 18.2 Å². The molecule has 0 aliphatic heterocycles. The van der Waals surface area contributed by atoms with Crippen molar-refractivity contribution in [1.82, 2.24) is 19.4 Å². The zero-order valence-electron chi connectivity index (χ0n) is 18.9. The first-order chi connectivity index (χ1) is 15.7. The van der Waals surface area contributed by atoms with Crippen LogP contribution in [0, 0.1) is 13.8 Å². The van der Waals surface area contributed by atoms with Crippen molar-refractivity contribution >= 4 is 26.9 Å². The van der Waals surface area contributed by atoms with Crippen molar-refractivity contribution in [3.63, 3.8) is 0 Å². The lowest BCUT2D eigenvalue weighted by atomic mass is 10.2. The third-order valence-corrected chi connectivity index (χ3v) is 7.54. The molecule has 0 radical (unpaired) electrons. The molecule has 1 atom stereocenters. The van der Waals surface area contributed by atoms with Gasteiger partial charge in [0.2, 0.25) is 15.9 Å². The number of furan rings is 2. The highest BCUT2D eigenvalue weighted by Crippen LogP contribution is 2.25. The van der Waals surface area contributed by atoms with E-state index in [1.165, 1.54) is 22.3 Å². The molecule has 9 nitrogen and oxygen atoms in total. The van der Waals surface area contributed by atoms with Gasteiger partial charge in [0, 0.05) is 12.4 Å². The molecule has 0 bridgehead atoms. The van der Waals surface area contributed by atoms with E-state index in [2.05, 4.69) is 10.4 Å². The molecular formula is C23H26N4O5S. The van der Waals surface area contributed by atoms with E-state index < -0.39 is 10.0 Å². The highest BCUT2D eigenvalue weighted by Gasteiger charge is 2.30. The van der Waals surface area contributed by atoms with Gasteiger partial charge in [-0.15, -0.1) is 0 Å². The fourth-order valence-electron chi connectivity index (χ4n) is 3.78. The normalized spacial score (nSPS) is 13.0. The minimum atomic E-state index is -3.83. The van der Waals surface area contributed by atoms with E-state index in [9.17, 15) is 13.2 Å². The van der Waals surface area contributed by atoms with E-state index in [0.29, 0.717) is 22.9 Å². The van der Waals surface area contributed by atoms with E-state index in [4.69, 9.17) is 8.83 Å². The summed E-state index contributed by atoms with van der Waals surface area (Å²) in [7, 11) is -2.35. The predicted molar refractivity (Wildman–Crippen MR) is 122 cm³/mol. The number of benzene rings is 1. The number of hydrogen-bond donors (Lipinski definition) is 1. The summed E-state index contributed by atoms with van der Waals surface area (Å²) in [6, 6.07) is 12.6. The van der Waals surface area contributed by atoms with Gasteiger partial charge in [0.15, 0.2) is 0 Å². The van der Waals surface area contributed by atoms with Crippen LogP contribution in [0.5, 0.6) is 0 Å². The number of nitrogens with one attached hydrogen (secondary N) is 1. The zero-order valence-corrected chi connectivity index (χ0v) is 19.7. The topological polar surface area (TPSA) is 111 Å². The van der Waals surface area contributed by atoms with Crippen LogP contribution in [0.15, 0.2) is 62.5 Å². The summed E-state index contributed by atoms with van der Waals surface area (Å²) in [5.74, 6) is 0.866. The van der Waals surface area contributed by atoms with Crippen molar-refractivity contribution in [2.24, 2.45) is 0 Å². The molecule has 33 heavy (non-hydrogen) atoms. The molecule has 10 heteroatoms. The molecule has 0 spiro atoms. The van der Waals surface area contributed by atoms with Crippen molar-refractivity contribution in [2.45, 2.75) is 44.8 Å². The number of para-hydroxylation sites is 1. The van der Waals surface area contributed by atoms with Gasteiger partial charge in [0.25, 0.3) is 0 Å². The van der Waals surface area contributed by atoms with Crippen LogP contribution < -0.4 is 5.32 Å². The molecular weight excluding hydrogens is 444 g/mol. The molecule has 1 aromatic carbocycles. The van der Waals surface area contributed by atoms with Gasteiger partial charge in [0.05, 0.1) is 30.2 Å². The maximum absolute atomic E-state index is 13.2. The summed E-state index contributed by atoms with van der Waals surface area (Å²) in [6.45, 7) is 5.06. The van der Waals surface area contributed by atoms with E-state index in [-0.39, 0.29) is 29.9 Å². The van der Waals surface area contributed by atoms with Crippen molar-refractivity contribution in [2.75, 3.05) is 7.05 Å². The minimum absolute atomic E-state index is 0.0922. The molecule has 4 rings (SSSR count). The Bertz CT molecular complexity index is 1350. The number of amides is 1. The van der Waals surface area contributed by atoms with Gasteiger partial charge in [0.1, 0.15) is 28.5 Å². The second-order valence-electron chi connectivity index (χ2n) is 7.97. The van der Waals surface area contributed by atoms with E-state index in [1.807, 2.05) is 37.3 Å². The number of aryl methyl sites for hydroxylation is 1. The van der Waals surface area contributed by atoms with Crippen LogP contribution in [0.25, 0.3) is 11.0 Å². The fraction of sp³-hybridized carbons (Fsp3) is 0.304. The quantitative estimate of drug-likeness (QED) is 0.422. The molecule has 4 aromatic rings. The zero-order chi connectivity index (χ0) is 23.8. The fourth-order valence-corrected chi connectivity index (χ4v) is 5.28. The average Bonchev–Trinajstić information content (AvgIpc) is 3.47. The van der Waals surface area contributed by atoms with E-state index in [1.54, 1.807) is 26.0 Å². The number of aromatic nitrogens is 2. The van der Waals surface area contributed by atoms with Gasteiger partial charge in [-0.3, -0.25) is 9.48 Å². The summed E-state index contributed by atoms with van der Waals surface area (Å²) in [4.78, 5) is 12.8. The Morgan fingerprint density at radius 1 is 1.21 bits per heavy atom. The molecule has 0 aliphatic rings. The van der Waals surface area contributed by atoms with Gasteiger partial charge in [-0.25, -0.2) is 8.42 Å². The van der Waals surface area contributed by atoms with Gasteiger partial charge in [-0.2, -0.15) is 9.40 Å². The first kappa shape index (κ1) is 22.8. The number of sulfonamides is 1. The van der Waals surface area contributed by atoms with E-state index >= 15 is 0 Å². The van der Waals surface area contributed by atoms with Crippen LogP contribution in [-0.4, -0.2) is 35.5 Å². The third kappa shape index (κ3) is 4.57. The predicted octanol–water partition coefficient (Wildman–Crippen LogP) is 3.54. The first-order valence-electron chi connectivity index (χ1n) is 10.5. The maximum Gasteiger partial charge on any atom is 0.246 e. The van der Waals surface area contributed by atoms with Crippen LogP contribution in [-0.2, 0) is 27.9 Å². The highest BCUT2D eigenvalue weighted by atomic mass is 32.2. The monoisotopic (exact) mass is 470 g/mol. The molecule has 1 unspecified atom stereocenters. The molecule has 1 N–H and O–H groups in total. The summed E-state index contributed by atoms with van der Waals surface area (Å²) in [5, 5.41) is 8.16. The Morgan fingerprint density at radius 2 is 1.97 bits per heavy atom. The maximum atomic E-state index is 13.2. The Morgan fingerprint density at radius 3 is 2.67 bits per heavy atom. The number of carbonyl (C=O) groups is 1. The van der Waals surface area contributed by atoms with Crippen molar-refractivity contribution < 1.29 is 22.0 Å². The van der Waals surface area contributed by atoms with Crippen LogP contribution >= 0.6 is 0 Å². The summed E-state index contributed by atoms with van der Waals surface area (Å²) >= 11 is 0. The standard InChI is InChI=1S/C23H26N4O5S/c1-15(21-12-18-8-5-6-10-20(18)32-21)24-22(28)14-27-17(3)23(16(2)25-27)33(29,30)26(4)13-19-9-7-11-31-19/h5-12,15H,13-14H2,1-4H3,(H,24,28). The van der Waals surface area contributed by atoms with Crippen molar-refractivity contribution in [3.8, 4) is 0 Å². The molecule has 174 valence electrons. The Kier molecular flexibility index (Phi) is 6.13. The molecule has 0 aliphatic carbocycles. The highest BCUT2D eigenvalue weighted by molar-refractivity contribution is 7.89. The summed E-state index contributed by atoms with van der Waals surface area (Å²) in [5.41, 5.74) is 1.47. The van der Waals surface area contributed by atoms with Crippen molar-refractivity contribution in [1.29, 1.82) is 0 Å². The van der Waals surface area contributed by atoms with Crippen LogP contribution in [0.2, 0.25) is 0 Å². The average molecular weight is 471 g/mol. The summed E-state index contributed by atoms with van der Waals surface area (Å²) in [6.07, 6.45) is 1.50. The summed E-state index contributed by atoms with van der Waals surface area (Å²) < 4.78 is 40.0. The molecule has 3 aromatic heterocycles. The molecule has 1 amide bonds. The number of nitrogens with zero attached hydrogens (tertiary/aromatic N) is 3. The second-order valence-corrected chi connectivity index (χ2v) is 9.96. The number of hydrogen-bond acceptors (Lipinski definition) is 6. The van der Waals surface area contributed by atoms with Gasteiger partial charge in [-0.05, 0) is 45.0 Å². The lowest BCUT2D eigenvalue weighted by molar-refractivity contribution is -0.122. The number of rotatable bonds is 8. The van der Waals surface area contributed by atoms with Gasteiger partial charge < -0.3 is 14.2 Å². The van der Waals surface area contributed by atoms with Crippen molar-refractivity contribution in [3.05, 3.63) is 71.6 Å². The lowest BCUT2D eigenvalue weighted by Crippen LogP contribution is -2.31. The Labute approximate surface area is 192 Å². The third-order valence-electron chi connectivity index (χ3n) is 5.48. The molecule has 0 saturated carbocycles. The smallest absolute Gasteiger partial charge is 0.246 e. The number of carbonyl (C=O) groups excluding carboxylic acids is 1. The Hall–Kier alpha value is -3.37. The van der Waals surface area contributed by atoms with Crippen LogP contribution in [0.1, 0.15) is 35.9 Å². The Balaban J connectivity index is 1.48. The molecule has 0 fully saturated rings. The SMILES string of the molecule is Cc1nn(CC(=O)NC(C)c2cc3ccccc3o2)c(C)c1S(=O)(=O)N(C)Cc1ccco1. The molecule has 0 saturated heterocycles. The van der Waals surface area contributed by atoms with Crippen LogP contribution in [0.3, 0.4) is 0 Å². The largest absolute Gasteiger partial charge is 0.468 e.